The molecular weight excluding hydrogens is 338 g/mol. The molecule has 0 atom stereocenters. The molecule has 3 aromatic carbocycles. The number of rotatable bonds is 4. The number of carbonyl (C=O) groups is 1. The normalized spacial score (nSPS) is 12.8. The van der Waals surface area contributed by atoms with Gasteiger partial charge in [0.05, 0.1) is 12.8 Å². The van der Waals surface area contributed by atoms with Gasteiger partial charge in [0.2, 0.25) is 0 Å². The van der Waals surface area contributed by atoms with Crippen molar-refractivity contribution in [1.82, 2.24) is 5.32 Å². The van der Waals surface area contributed by atoms with E-state index in [0.717, 1.165) is 28.1 Å². The van der Waals surface area contributed by atoms with Gasteiger partial charge in [-0.05, 0) is 35.9 Å². The number of hydrogen-bond donors (Lipinski definition) is 1. The first-order valence-corrected chi connectivity index (χ1v) is 8.72. The number of methoxy groups -OCH3 is 1. The molecule has 0 saturated heterocycles. The van der Waals surface area contributed by atoms with Gasteiger partial charge >= 0.3 is 0 Å². The summed E-state index contributed by atoms with van der Waals surface area (Å²) in [5.74, 6) is 1.36. The molecule has 4 heteroatoms. The highest BCUT2D eigenvalue weighted by molar-refractivity contribution is 5.98. The first kappa shape index (κ1) is 16.9. The van der Waals surface area contributed by atoms with Crippen LogP contribution in [0.3, 0.4) is 0 Å². The highest BCUT2D eigenvalue weighted by Gasteiger charge is 2.23. The zero-order valence-electron chi connectivity index (χ0n) is 14.9. The highest BCUT2D eigenvalue weighted by atomic mass is 16.5. The standard InChI is InChI=1S/C23H19NO3/c1-26-18-13-11-17(12-14-18)23(25)24-20-15-27-21-10-6-5-9-19(21)22(20)16-7-3-2-4-8-16/h2-14H,15H2,1H3,(H,24,25). The minimum Gasteiger partial charge on any atom is -0.497 e. The minimum absolute atomic E-state index is 0.177. The Morgan fingerprint density at radius 2 is 1.63 bits per heavy atom. The largest absolute Gasteiger partial charge is 0.497 e. The zero-order chi connectivity index (χ0) is 18.6. The molecule has 27 heavy (non-hydrogen) atoms. The Balaban J connectivity index is 1.73. The molecule has 0 bridgehead atoms. The third-order valence-corrected chi connectivity index (χ3v) is 4.51. The molecule has 134 valence electrons. The van der Waals surface area contributed by atoms with Gasteiger partial charge in [-0.3, -0.25) is 4.79 Å². The number of hydrogen-bond acceptors (Lipinski definition) is 3. The zero-order valence-corrected chi connectivity index (χ0v) is 14.9. The Hall–Kier alpha value is -3.53. The molecular formula is C23H19NO3. The van der Waals surface area contributed by atoms with E-state index >= 15 is 0 Å². The molecule has 3 aromatic rings. The van der Waals surface area contributed by atoms with E-state index in [1.807, 2.05) is 54.6 Å². The van der Waals surface area contributed by atoms with Crippen molar-refractivity contribution in [2.24, 2.45) is 0 Å². The number of nitrogens with one attached hydrogen (secondary N) is 1. The van der Waals surface area contributed by atoms with Crippen LogP contribution in [0.4, 0.5) is 0 Å². The van der Waals surface area contributed by atoms with Crippen LogP contribution in [0, 0.1) is 0 Å². The van der Waals surface area contributed by atoms with Crippen molar-refractivity contribution in [3.8, 4) is 11.5 Å². The van der Waals surface area contributed by atoms with Gasteiger partial charge in [-0.15, -0.1) is 0 Å². The maximum atomic E-state index is 12.8. The van der Waals surface area contributed by atoms with E-state index in [1.54, 1.807) is 31.4 Å². The van der Waals surface area contributed by atoms with Crippen molar-refractivity contribution < 1.29 is 14.3 Å². The first-order chi connectivity index (χ1) is 13.3. The van der Waals surface area contributed by atoms with Crippen LogP contribution in [0.5, 0.6) is 11.5 Å². The molecule has 4 nitrogen and oxygen atoms in total. The number of benzene rings is 3. The van der Waals surface area contributed by atoms with E-state index in [9.17, 15) is 4.79 Å². The number of fused-ring (bicyclic) bond motifs is 1. The number of carbonyl (C=O) groups excluding carboxylic acids is 1. The minimum atomic E-state index is -0.177. The molecule has 1 N–H and O–H groups in total. The topological polar surface area (TPSA) is 47.6 Å². The monoisotopic (exact) mass is 357 g/mol. The van der Waals surface area contributed by atoms with Crippen molar-refractivity contribution in [3.63, 3.8) is 0 Å². The fraction of sp³-hybridized carbons (Fsp3) is 0.0870. The van der Waals surface area contributed by atoms with Crippen molar-refractivity contribution >= 4 is 11.5 Å². The molecule has 0 unspecified atom stereocenters. The fourth-order valence-corrected chi connectivity index (χ4v) is 3.17. The Morgan fingerprint density at radius 3 is 2.37 bits per heavy atom. The summed E-state index contributed by atoms with van der Waals surface area (Å²) in [7, 11) is 1.60. The van der Waals surface area contributed by atoms with Gasteiger partial charge in [0.1, 0.15) is 18.1 Å². The highest BCUT2D eigenvalue weighted by Crippen LogP contribution is 2.36. The third kappa shape index (κ3) is 3.42. The smallest absolute Gasteiger partial charge is 0.255 e. The lowest BCUT2D eigenvalue weighted by atomic mass is 9.93. The summed E-state index contributed by atoms with van der Waals surface area (Å²) < 4.78 is 11.0. The van der Waals surface area contributed by atoms with Gasteiger partial charge in [0.25, 0.3) is 5.91 Å². The average Bonchev–Trinajstić information content (AvgIpc) is 2.74. The van der Waals surface area contributed by atoms with E-state index in [1.165, 1.54) is 0 Å². The predicted octanol–water partition coefficient (Wildman–Crippen LogP) is 4.28. The third-order valence-electron chi connectivity index (χ3n) is 4.51. The summed E-state index contributed by atoms with van der Waals surface area (Å²) >= 11 is 0. The molecule has 0 spiro atoms. The second kappa shape index (κ2) is 7.38. The average molecular weight is 357 g/mol. The van der Waals surface area contributed by atoms with Crippen LogP contribution in [0.25, 0.3) is 5.57 Å². The van der Waals surface area contributed by atoms with Crippen molar-refractivity contribution in [2.75, 3.05) is 13.7 Å². The van der Waals surface area contributed by atoms with Crippen molar-refractivity contribution in [1.29, 1.82) is 0 Å². The van der Waals surface area contributed by atoms with Gasteiger partial charge in [-0.2, -0.15) is 0 Å². The van der Waals surface area contributed by atoms with Crippen LogP contribution < -0.4 is 14.8 Å². The number of amides is 1. The van der Waals surface area contributed by atoms with Crippen LogP contribution in [-0.2, 0) is 0 Å². The maximum absolute atomic E-state index is 12.8. The molecule has 1 aliphatic rings. The van der Waals surface area contributed by atoms with Crippen LogP contribution >= 0.6 is 0 Å². The van der Waals surface area contributed by atoms with Crippen LogP contribution in [0.2, 0.25) is 0 Å². The molecule has 1 aliphatic heterocycles. The quantitative estimate of drug-likeness (QED) is 0.758. The molecule has 0 saturated carbocycles. The lowest BCUT2D eigenvalue weighted by Crippen LogP contribution is -2.29. The summed E-state index contributed by atoms with van der Waals surface area (Å²) in [5.41, 5.74) is 4.31. The lowest BCUT2D eigenvalue weighted by molar-refractivity contribution is 0.0961. The summed E-state index contributed by atoms with van der Waals surface area (Å²) in [6.45, 7) is 0.309. The molecule has 0 aromatic heterocycles. The Bertz CT molecular complexity index is 992. The van der Waals surface area contributed by atoms with Crippen molar-refractivity contribution in [3.05, 3.63) is 101 Å². The summed E-state index contributed by atoms with van der Waals surface area (Å²) in [6.07, 6.45) is 0. The number of para-hydroxylation sites is 1. The molecule has 4 rings (SSSR count). The van der Waals surface area contributed by atoms with E-state index < -0.39 is 0 Å². The number of ether oxygens (including phenoxy) is 2. The Kier molecular flexibility index (Phi) is 4.62. The molecule has 1 heterocycles. The van der Waals surface area contributed by atoms with E-state index in [2.05, 4.69) is 5.32 Å². The SMILES string of the molecule is COc1ccc(C(=O)NC2=C(c3ccccc3)c3ccccc3OC2)cc1. The van der Waals surface area contributed by atoms with Gasteiger partial charge in [-0.1, -0.05) is 48.5 Å². The maximum Gasteiger partial charge on any atom is 0.255 e. The predicted molar refractivity (Wildman–Crippen MR) is 105 cm³/mol. The second-order valence-corrected chi connectivity index (χ2v) is 6.19. The van der Waals surface area contributed by atoms with Gasteiger partial charge < -0.3 is 14.8 Å². The lowest BCUT2D eigenvalue weighted by Gasteiger charge is -2.25. The molecule has 1 amide bonds. The molecule has 0 fully saturated rings. The van der Waals surface area contributed by atoms with E-state index in [0.29, 0.717) is 17.9 Å². The van der Waals surface area contributed by atoms with Crippen LogP contribution in [0.15, 0.2) is 84.6 Å². The summed E-state index contributed by atoms with van der Waals surface area (Å²) in [5, 5.41) is 3.04. The van der Waals surface area contributed by atoms with Crippen LogP contribution in [0.1, 0.15) is 21.5 Å². The molecule has 0 radical (unpaired) electrons. The van der Waals surface area contributed by atoms with Crippen LogP contribution in [-0.4, -0.2) is 19.6 Å². The first-order valence-electron chi connectivity index (χ1n) is 8.72. The van der Waals surface area contributed by atoms with E-state index in [-0.39, 0.29) is 5.91 Å². The van der Waals surface area contributed by atoms with Gasteiger partial charge in [-0.25, -0.2) is 0 Å². The Labute approximate surface area is 158 Å². The summed E-state index contributed by atoms with van der Waals surface area (Å²) in [4.78, 5) is 12.8. The van der Waals surface area contributed by atoms with Gasteiger partial charge in [0.15, 0.2) is 0 Å². The van der Waals surface area contributed by atoms with Gasteiger partial charge in [0, 0.05) is 16.7 Å². The Morgan fingerprint density at radius 1 is 0.926 bits per heavy atom. The summed E-state index contributed by atoms with van der Waals surface area (Å²) in [6, 6.07) is 24.9. The fourth-order valence-electron chi connectivity index (χ4n) is 3.17. The molecule has 0 aliphatic carbocycles. The van der Waals surface area contributed by atoms with Crippen molar-refractivity contribution in [2.45, 2.75) is 0 Å². The second-order valence-electron chi connectivity index (χ2n) is 6.19. The van der Waals surface area contributed by atoms with E-state index in [4.69, 9.17) is 9.47 Å².